The monoisotopic (exact) mass is 170 g/mol. The number of pyridine rings is 1. The first-order valence-electron chi connectivity index (χ1n) is 3.08. The third kappa shape index (κ3) is 1.48. The number of nitrogens with zero attached hydrogens (tertiary/aromatic N) is 2. The maximum Gasteiger partial charge on any atom is 0.369 e. The summed E-state index contributed by atoms with van der Waals surface area (Å²) in [6, 6.07) is 1.10. The molecule has 0 unspecified atom stereocenters. The predicted molar refractivity (Wildman–Crippen MR) is 38.5 cm³/mol. The van der Waals surface area contributed by atoms with Crippen LogP contribution in [0.25, 0.3) is 0 Å². The highest BCUT2D eigenvalue weighted by molar-refractivity contribution is 5.36. The van der Waals surface area contributed by atoms with Gasteiger partial charge in [-0.25, -0.2) is 0 Å². The van der Waals surface area contributed by atoms with Gasteiger partial charge in [0.2, 0.25) is 0 Å². The highest BCUT2D eigenvalue weighted by Crippen LogP contribution is 2.19. The van der Waals surface area contributed by atoms with Gasteiger partial charge in [-0.05, 0) is 16.0 Å². The van der Waals surface area contributed by atoms with Crippen molar-refractivity contribution in [3.8, 4) is 5.75 Å². The van der Waals surface area contributed by atoms with E-state index in [9.17, 15) is 10.1 Å². The summed E-state index contributed by atoms with van der Waals surface area (Å²) in [4.78, 5) is 12.9. The van der Waals surface area contributed by atoms with Crippen LogP contribution in [-0.4, -0.2) is 20.1 Å². The van der Waals surface area contributed by atoms with E-state index in [1.807, 2.05) is 0 Å². The van der Waals surface area contributed by atoms with Crippen molar-refractivity contribution in [1.82, 2.24) is 4.98 Å². The van der Waals surface area contributed by atoms with E-state index in [1.54, 1.807) is 0 Å². The van der Waals surface area contributed by atoms with Gasteiger partial charge in [-0.3, -0.25) is 0 Å². The Labute approximate surface area is 67.3 Å². The molecule has 1 rings (SSSR count). The summed E-state index contributed by atoms with van der Waals surface area (Å²) in [5, 5.41) is 27.7. The number of aliphatic hydroxyl groups excluding tert-OH is 1. The molecule has 0 aromatic carbocycles. The molecule has 0 bridgehead atoms. The lowest BCUT2D eigenvalue weighted by Crippen LogP contribution is -1.97. The Hall–Kier alpha value is -1.69. The minimum absolute atomic E-state index is 0.000000000000000222. The van der Waals surface area contributed by atoms with E-state index in [0.29, 0.717) is 0 Å². The second kappa shape index (κ2) is 3.14. The van der Waals surface area contributed by atoms with E-state index in [-0.39, 0.29) is 11.3 Å². The topological polar surface area (TPSA) is 96.5 Å². The van der Waals surface area contributed by atoms with Crippen molar-refractivity contribution < 1.29 is 15.1 Å². The van der Waals surface area contributed by atoms with Crippen molar-refractivity contribution in [2.45, 2.75) is 6.61 Å². The molecule has 6 nitrogen and oxygen atoms in total. The van der Waals surface area contributed by atoms with Gasteiger partial charge in [0.25, 0.3) is 0 Å². The standard InChI is InChI=1S/C6H6N2O4/c9-3-4-1-5(10)2-7-6(4)8(11)12/h1-2,9-10H,3H2. The number of aliphatic hydroxyl groups is 1. The molecular formula is C6H6N2O4. The average molecular weight is 170 g/mol. The normalized spacial score (nSPS) is 9.75. The second-order valence-electron chi connectivity index (χ2n) is 2.09. The van der Waals surface area contributed by atoms with Crippen molar-refractivity contribution in [2.24, 2.45) is 0 Å². The third-order valence-corrected chi connectivity index (χ3v) is 1.27. The lowest BCUT2D eigenvalue weighted by Gasteiger charge is -1.97. The SMILES string of the molecule is O=[N+]([O-])c1ncc(O)cc1CO. The first-order chi connectivity index (χ1) is 5.65. The molecule has 0 atom stereocenters. The zero-order valence-corrected chi connectivity index (χ0v) is 5.97. The van der Waals surface area contributed by atoms with Crippen LogP contribution < -0.4 is 0 Å². The van der Waals surface area contributed by atoms with Gasteiger partial charge in [0.1, 0.15) is 0 Å². The predicted octanol–water partition coefficient (Wildman–Crippen LogP) is 0.188. The van der Waals surface area contributed by atoms with Gasteiger partial charge >= 0.3 is 5.82 Å². The molecule has 1 heterocycles. The van der Waals surface area contributed by atoms with Crippen LogP contribution in [0.4, 0.5) is 5.82 Å². The highest BCUT2D eigenvalue weighted by Gasteiger charge is 2.14. The first kappa shape index (κ1) is 8.41. The lowest BCUT2D eigenvalue weighted by atomic mass is 10.2. The van der Waals surface area contributed by atoms with Gasteiger partial charge in [-0.2, -0.15) is 0 Å². The lowest BCUT2D eigenvalue weighted by molar-refractivity contribution is -0.390. The average Bonchev–Trinajstić information content (AvgIpc) is 2.03. The Balaban J connectivity index is 3.20. The molecule has 0 fully saturated rings. The van der Waals surface area contributed by atoms with Gasteiger partial charge in [-0.1, -0.05) is 0 Å². The van der Waals surface area contributed by atoms with E-state index in [0.717, 1.165) is 12.3 Å². The molecule has 12 heavy (non-hydrogen) atoms. The summed E-state index contributed by atoms with van der Waals surface area (Å²) in [6.07, 6.45) is 0.956. The van der Waals surface area contributed by atoms with Crippen LogP contribution in [0.1, 0.15) is 5.56 Å². The van der Waals surface area contributed by atoms with Crippen molar-refractivity contribution in [2.75, 3.05) is 0 Å². The fraction of sp³-hybridized carbons (Fsp3) is 0.167. The van der Waals surface area contributed by atoms with Crippen LogP contribution in [0, 0.1) is 10.1 Å². The van der Waals surface area contributed by atoms with E-state index in [4.69, 9.17) is 10.2 Å². The molecule has 1 aromatic rings. The summed E-state index contributed by atoms with van der Waals surface area (Å²) in [7, 11) is 0. The fourth-order valence-corrected chi connectivity index (χ4v) is 0.771. The van der Waals surface area contributed by atoms with Crippen LogP contribution in [0.3, 0.4) is 0 Å². The smallest absolute Gasteiger partial charge is 0.369 e. The van der Waals surface area contributed by atoms with E-state index in [2.05, 4.69) is 4.98 Å². The molecule has 0 aliphatic rings. The zero-order valence-electron chi connectivity index (χ0n) is 5.97. The van der Waals surface area contributed by atoms with Crippen LogP contribution >= 0.6 is 0 Å². The molecule has 0 radical (unpaired) electrons. The number of hydrogen-bond acceptors (Lipinski definition) is 5. The minimum Gasteiger partial charge on any atom is -0.504 e. The zero-order chi connectivity index (χ0) is 9.14. The maximum atomic E-state index is 10.2. The molecule has 0 aliphatic carbocycles. The van der Waals surface area contributed by atoms with Crippen molar-refractivity contribution in [3.63, 3.8) is 0 Å². The highest BCUT2D eigenvalue weighted by atomic mass is 16.6. The summed E-state index contributed by atoms with van der Waals surface area (Å²) in [5.74, 6) is -0.639. The molecule has 0 amide bonds. The van der Waals surface area contributed by atoms with Crippen LogP contribution in [0.5, 0.6) is 5.75 Å². The van der Waals surface area contributed by atoms with Crippen LogP contribution in [0.15, 0.2) is 12.3 Å². The largest absolute Gasteiger partial charge is 0.504 e. The number of aromatic nitrogens is 1. The van der Waals surface area contributed by atoms with E-state index >= 15 is 0 Å². The first-order valence-corrected chi connectivity index (χ1v) is 3.08. The van der Waals surface area contributed by atoms with Crippen molar-refractivity contribution in [3.05, 3.63) is 27.9 Å². The Morgan fingerprint density at radius 1 is 1.67 bits per heavy atom. The van der Waals surface area contributed by atoms with Gasteiger partial charge < -0.3 is 20.3 Å². The summed E-state index contributed by atoms with van der Waals surface area (Å²) < 4.78 is 0. The second-order valence-corrected chi connectivity index (χ2v) is 2.09. The molecule has 2 N–H and O–H groups in total. The Bertz CT molecular complexity index is 312. The minimum atomic E-state index is -0.717. The number of rotatable bonds is 2. The Kier molecular flexibility index (Phi) is 2.20. The van der Waals surface area contributed by atoms with Crippen molar-refractivity contribution >= 4 is 5.82 Å². The quantitative estimate of drug-likeness (QED) is 0.487. The molecule has 0 aliphatic heterocycles. The number of aromatic hydroxyl groups is 1. The Morgan fingerprint density at radius 3 is 2.83 bits per heavy atom. The summed E-state index contributed by atoms with van der Waals surface area (Å²) in [6.45, 7) is -0.516. The number of nitro groups is 1. The van der Waals surface area contributed by atoms with Gasteiger partial charge in [0, 0.05) is 0 Å². The van der Waals surface area contributed by atoms with Gasteiger partial charge in [0.05, 0.1) is 12.2 Å². The van der Waals surface area contributed by atoms with Crippen LogP contribution in [0.2, 0.25) is 0 Å². The molecular weight excluding hydrogens is 164 g/mol. The molecule has 0 saturated carbocycles. The summed E-state index contributed by atoms with van der Waals surface area (Å²) >= 11 is 0. The summed E-state index contributed by atoms with van der Waals surface area (Å²) in [5.41, 5.74) is 0.000000000000000222. The number of hydrogen-bond donors (Lipinski definition) is 2. The van der Waals surface area contributed by atoms with Gasteiger partial charge in [-0.15, -0.1) is 0 Å². The Morgan fingerprint density at radius 2 is 2.33 bits per heavy atom. The maximum absolute atomic E-state index is 10.2. The molecule has 0 spiro atoms. The molecule has 1 aromatic heterocycles. The van der Waals surface area contributed by atoms with Crippen molar-refractivity contribution in [1.29, 1.82) is 0 Å². The van der Waals surface area contributed by atoms with E-state index < -0.39 is 17.3 Å². The molecule has 0 saturated heterocycles. The van der Waals surface area contributed by atoms with Gasteiger partial charge in [0.15, 0.2) is 11.9 Å². The third-order valence-electron chi connectivity index (χ3n) is 1.27. The molecule has 6 heteroatoms. The van der Waals surface area contributed by atoms with E-state index in [1.165, 1.54) is 0 Å². The molecule has 64 valence electrons. The fourth-order valence-electron chi connectivity index (χ4n) is 0.771. The van der Waals surface area contributed by atoms with Crippen LogP contribution in [-0.2, 0) is 6.61 Å².